The molecule has 0 spiro atoms. The van der Waals surface area contributed by atoms with Crippen LogP contribution in [0.4, 0.5) is 11.5 Å². The van der Waals surface area contributed by atoms with Gasteiger partial charge in [-0.3, -0.25) is 4.98 Å². The summed E-state index contributed by atoms with van der Waals surface area (Å²) >= 11 is 0. The van der Waals surface area contributed by atoms with Crippen molar-refractivity contribution >= 4 is 28.5 Å². The first-order chi connectivity index (χ1) is 12.7. The summed E-state index contributed by atoms with van der Waals surface area (Å²) in [5, 5.41) is 0. The van der Waals surface area contributed by atoms with Gasteiger partial charge in [0.05, 0.1) is 22.9 Å². The van der Waals surface area contributed by atoms with E-state index in [0.29, 0.717) is 5.96 Å². The molecule has 26 heavy (non-hydrogen) atoms. The third kappa shape index (κ3) is 3.44. The van der Waals surface area contributed by atoms with E-state index in [2.05, 4.69) is 32.8 Å². The molecule has 0 radical (unpaired) electrons. The van der Waals surface area contributed by atoms with E-state index in [4.69, 9.17) is 10.7 Å². The molecule has 132 valence electrons. The number of hydrogen-bond donors (Lipinski definition) is 1. The van der Waals surface area contributed by atoms with Gasteiger partial charge in [0.25, 0.3) is 0 Å². The van der Waals surface area contributed by atoms with Crippen LogP contribution in [0.25, 0.3) is 11.0 Å². The minimum absolute atomic E-state index is 0.569. The summed E-state index contributed by atoms with van der Waals surface area (Å²) < 4.78 is 0. The molecule has 2 aromatic carbocycles. The second kappa shape index (κ2) is 7.00. The molecule has 4 rings (SSSR count). The highest BCUT2D eigenvalue weighted by atomic mass is 15.3. The third-order valence-corrected chi connectivity index (χ3v) is 4.61. The van der Waals surface area contributed by atoms with Crippen molar-refractivity contribution < 1.29 is 0 Å². The lowest BCUT2D eigenvalue weighted by Gasteiger charge is -2.35. The standard InChI is InChI=1S/C20H22N6/c1-15-5-4-6-16(13-15)23-20(21)26-11-9-25(10-12-26)19-14-22-17-7-2-3-8-18(17)24-19/h2-8,13-14H,9-12H2,1H3,(H2,21,23). The Morgan fingerprint density at radius 1 is 1.00 bits per heavy atom. The molecule has 3 aromatic rings. The summed E-state index contributed by atoms with van der Waals surface area (Å²) in [4.78, 5) is 18.2. The first-order valence-electron chi connectivity index (χ1n) is 8.81. The van der Waals surface area contributed by atoms with Crippen molar-refractivity contribution in [1.29, 1.82) is 0 Å². The molecule has 0 atom stereocenters. The summed E-state index contributed by atoms with van der Waals surface area (Å²) in [6, 6.07) is 16.0. The average molecular weight is 346 g/mol. The van der Waals surface area contributed by atoms with E-state index in [9.17, 15) is 0 Å². The van der Waals surface area contributed by atoms with Crippen LogP contribution in [0.2, 0.25) is 0 Å². The number of aliphatic imine (C=N–C) groups is 1. The van der Waals surface area contributed by atoms with Gasteiger partial charge in [0, 0.05) is 26.2 Å². The van der Waals surface area contributed by atoms with Crippen LogP contribution < -0.4 is 10.6 Å². The highest BCUT2D eigenvalue weighted by molar-refractivity contribution is 5.81. The fourth-order valence-electron chi connectivity index (χ4n) is 3.16. The van der Waals surface area contributed by atoms with E-state index in [0.717, 1.165) is 48.7 Å². The molecule has 0 saturated carbocycles. The zero-order valence-corrected chi connectivity index (χ0v) is 14.8. The van der Waals surface area contributed by atoms with Gasteiger partial charge in [-0.2, -0.15) is 0 Å². The molecule has 2 N–H and O–H groups in total. The Kier molecular flexibility index (Phi) is 4.39. The minimum atomic E-state index is 0.569. The molecule has 6 heteroatoms. The number of rotatable bonds is 2. The molecular formula is C20H22N6. The summed E-state index contributed by atoms with van der Waals surface area (Å²) in [7, 11) is 0. The number of piperazine rings is 1. The van der Waals surface area contributed by atoms with E-state index in [1.165, 1.54) is 5.56 Å². The lowest BCUT2D eigenvalue weighted by Crippen LogP contribution is -2.51. The van der Waals surface area contributed by atoms with Gasteiger partial charge >= 0.3 is 0 Å². The summed E-state index contributed by atoms with van der Waals surface area (Å²) in [5.74, 6) is 1.48. The van der Waals surface area contributed by atoms with Gasteiger partial charge in [-0.05, 0) is 36.8 Å². The van der Waals surface area contributed by atoms with Crippen molar-refractivity contribution in [2.24, 2.45) is 10.7 Å². The molecular weight excluding hydrogens is 324 g/mol. The maximum Gasteiger partial charge on any atom is 0.196 e. The van der Waals surface area contributed by atoms with Crippen molar-refractivity contribution in [1.82, 2.24) is 14.9 Å². The molecule has 1 aromatic heterocycles. The van der Waals surface area contributed by atoms with Gasteiger partial charge in [0.2, 0.25) is 0 Å². The Morgan fingerprint density at radius 3 is 2.54 bits per heavy atom. The summed E-state index contributed by atoms with van der Waals surface area (Å²) in [6.45, 7) is 5.37. The number of aromatic nitrogens is 2. The fraction of sp³-hybridized carbons (Fsp3) is 0.250. The zero-order chi connectivity index (χ0) is 17.9. The molecule has 0 unspecified atom stereocenters. The lowest BCUT2D eigenvalue weighted by atomic mass is 10.2. The Hall–Kier alpha value is -3.15. The Morgan fingerprint density at radius 2 is 1.77 bits per heavy atom. The quantitative estimate of drug-likeness (QED) is 0.571. The van der Waals surface area contributed by atoms with Gasteiger partial charge in [0.15, 0.2) is 5.96 Å². The number of hydrogen-bond acceptors (Lipinski definition) is 4. The fourth-order valence-corrected chi connectivity index (χ4v) is 3.16. The minimum Gasteiger partial charge on any atom is -0.369 e. The smallest absolute Gasteiger partial charge is 0.196 e. The van der Waals surface area contributed by atoms with Gasteiger partial charge < -0.3 is 15.5 Å². The van der Waals surface area contributed by atoms with E-state index in [1.54, 1.807) is 0 Å². The number of nitrogens with two attached hydrogens (primary N) is 1. The van der Waals surface area contributed by atoms with Crippen molar-refractivity contribution in [3.63, 3.8) is 0 Å². The first-order valence-corrected chi connectivity index (χ1v) is 8.81. The zero-order valence-electron chi connectivity index (χ0n) is 14.8. The largest absolute Gasteiger partial charge is 0.369 e. The van der Waals surface area contributed by atoms with Gasteiger partial charge in [-0.25, -0.2) is 9.98 Å². The van der Waals surface area contributed by atoms with Crippen molar-refractivity contribution in [3.8, 4) is 0 Å². The van der Waals surface area contributed by atoms with E-state index in [-0.39, 0.29) is 0 Å². The number of fused-ring (bicyclic) bond motifs is 1. The maximum atomic E-state index is 6.22. The molecule has 0 amide bonds. The van der Waals surface area contributed by atoms with Crippen LogP contribution in [0.15, 0.2) is 59.7 Å². The average Bonchev–Trinajstić information content (AvgIpc) is 2.68. The summed E-state index contributed by atoms with van der Waals surface area (Å²) in [5.41, 5.74) is 10.1. The summed E-state index contributed by atoms with van der Waals surface area (Å²) in [6.07, 6.45) is 1.85. The van der Waals surface area contributed by atoms with Crippen LogP contribution in [0.1, 0.15) is 5.56 Å². The molecule has 2 heterocycles. The second-order valence-electron chi connectivity index (χ2n) is 6.50. The van der Waals surface area contributed by atoms with Crippen LogP contribution in [0, 0.1) is 6.92 Å². The topological polar surface area (TPSA) is 70.6 Å². The number of nitrogens with zero attached hydrogens (tertiary/aromatic N) is 5. The van der Waals surface area contributed by atoms with E-state index in [1.807, 2.05) is 48.7 Å². The van der Waals surface area contributed by atoms with Crippen LogP contribution in [-0.2, 0) is 0 Å². The van der Waals surface area contributed by atoms with Crippen LogP contribution in [-0.4, -0.2) is 47.0 Å². The molecule has 6 nitrogen and oxygen atoms in total. The maximum absolute atomic E-state index is 6.22. The van der Waals surface area contributed by atoms with Gasteiger partial charge in [-0.15, -0.1) is 0 Å². The Labute approximate surface area is 153 Å². The van der Waals surface area contributed by atoms with E-state index >= 15 is 0 Å². The first kappa shape index (κ1) is 16.3. The van der Waals surface area contributed by atoms with Gasteiger partial charge in [0.1, 0.15) is 5.82 Å². The van der Waals surface area contributed by atoms with Crippen LogP contribution >= 0.6 is 0 Å². The molecule has 0 bridgehead atoms. The van der Waals surface area contributed by atoms with E-state index < -0.39 is 0 Å². The molecule has 1 aliphatic heterocycles. The SMILES string of the molecule is Cc1cccc(N=C(N)N2CCN(c3cnc4ccccc4n3)CC2)c1. The lowest BCUT2D eigenvalue weighted by molar-refractivity contribution is 0.381. The van der Waals surface area contributed by atoms with Crippen molar-refractivity contribution in [2.45, 2.75) is 6.92 Å². The van der Waals surface area contributed by atoms with Crippen molar-refractivity contribution in [2.75, 3.05) is 31.1 Å². The third-order valence-electron chi connectivity index (χ3n) is 4.61. The van der Waals surface area contributed by atoms with Crippen LogP contribution in [0.5, 0.6) is 0 Å². The number of para-hydroxylation sites is 2. The predicted molar refractivity (Wildman–Crippen MR) is 106 cm³/mol. The number of benzene rings is 2. The highest BCUT2D eigenvalue weighted by Gasteiger charge is 2.20. The normalized spacial score (nSPS) is 15.5. The highest BCUT2D eigenvalue weighted by Crippen LogP contribution is 2.18. The van der Waals surface area contributed by atoms with Crippen molar-refractivity contribution in [3.05, 3.63) is 60.3 Å². The molecule has 1 fully saturated rings. The number of aryl methyl sites for hydroxylation is 1. The molecule has 1 aliphatic rings. The molecule has 0 aliphatic carbocycles. The monoisotopic (exact) mass is 346 g/mol. The van der Waals surface area contributed by atoms with Gasteiger partial charge in [-0.1, -0.05) is 24.3 Å². The predicted octanol–water partition coefficient (Wildman–Crippen LogP) is 2.71. The second-order valence-corrected chi connectivity index (χ2v) is 6.50. The number of guanidine groups is 1. The Balaban J connectivity index is 1.44. The Bertz CT molecular complexity index is 944. The van der Waals surface area contributed by atoms with Crippen LogP contribution in [0.3, 0.4) is 0 Å². The molecule has 1 saturated heterocycles. The number of anilines is 1.